The van der Waals surface area contributed by atoms with Crippen molar-refractivity contribution in [2.45, 2.75) is 124 Å². The van der Waals surface area contributed by atoms with Gasteiger partial charge in [-0.25, -0.2) is 0 Å². The van der Waals surface area contributed by atoms with E-state index in [9.17, 15) is 10.2 Å². The van der Waals surface area contributed by atoms with Crippen LogP contribution < -0.4 is 0 Å². The first-order valence-corrected chi connectivity index (χ1v) is 13.6. The number of allylic oxidation sites excluding steroid dienone is 1. The highest BCUT2D eigenvalue weighted by Gasteiger charge is 2.59. The summed E-state index contributed by atoms with van der Waals surface area (Å²) in [5.74, 6) is 4.46. The zero-order valence-corrected chi connectivity index (χ0v) is 21.3. The molecule has 0 aromatic carbocycles. The summed E-state index contributed by atoms with van der Waals surface area (Å²) < 4.78 is 0. The molecule has 4 rings (SSSR count). The Morgan fingerprint density at radius 3 is 2.42 bits per heavy atom. The first-order chi connectivity index (χ1) is 14.5. The van der Waals surface area contributed by atoms with Crippen molar-refractivity contribution in [3.05, 3.63) is 11.6 Å². The van der Waals surface area contributed by atoms with Crippen LogP contribution in [-0.2, 0) is 0 Å². The van der Waals surface area contributed by atoms with Crippen LogP contribution in [-0.4, -0.2) is 21.9 Å². The molecule has 0 spiro atoms. The molecule has 0 heterocycles. The minimum Gasteiger partial charge on any atom is -0.393 e. The first kappa shape index (κ1) is 23.8. The van der Waals surface area contributed by atoms with Gasteiger partial charge in [0.25, 0.3) is 0 Å². The van der Waals surface area contributed by atoms with Gasteiger partial charge in [-0.2, -0.15) is 0 Å². The summed E-state index contributed by atoms with van der Waals surface area (Å²) in [6.07, 6.45) is 15.4. The predicted octanol–water partition coefficient (Wildman–Crippen LogP) is 7.14. The van der Waals surface area contributed by atoms with Gasteiger partial charge in [0, 0.05) is 0 Å². The average molecular weight is 431 g/mol. The van der Waals surface area contributed by atoms with Gasteiger partial charge in [0.2, 0.25) is 0 Å². The van der Waals surface area contributed by atoms with Crippen LogP contribution in [0.3, 0.4) is 0 Å². The van der Waals surface area contributed by atoms with E-state index in [1.807, 2.05) is 0 Å². The van der Waals surface area contributed by atoms with E-state index in [2.05, 4.69) is 47.6 Å². The molecule has 0 amide bonds. The van der Waals surface area contributed by atoms with Crippen molar-refractivity contribution in [2.75, 3.05) is 0 Å². The Hall–Kier alpha value is -0.340. The molecule has 4 aliphatic carbocycles. The van der Waals surface area contributed by atoms with Gasteiger partial charge in [0.1, 0.15) is 0 Å². The van der Waals surface area contributed by atoms with Crippen LogP contribution in [0.5, 0.6) is 0 Å². The average Bonchev–Trinajstić information content (AvgIpc) is 3.09. The minimum absolute atomic E-state index is 0.141. The van der Waals surface area contributed by atoms with Crippen LogP contribution in [0, 0.1) is 46.3 Å². The molecule has 0 bridgehead atoms. The molecule has 0 radical (unpaired) electrons. The van der Waals surface area contributed by atoms with E-state index >= 15 is 0 Å². The number of aliphatic hydroxyl groups excluding tert-OH is 1. The Balaban J connectivity index is 1.49. The van der Waals surface area contributed by atoms with E-state index in [4.69, 9.17) is 0 Å². The molecule has 178 valence electrons. The molecule has 3 fully saturated rings. The second-order valence-corrected chi connectivity index (χ2v) is 13.1. The van der Waals surface area contributed by atoms with E-state index in [0.29, 0.717) is 16.7 Å². The van der Waals surface area contributed by atoms with Gasteiger partial charge in [0.05, 0.1) is 11.7 Å². The minimum atomic E-state index is -0.449. The second kappa shape index (κ2) is 8.46. The van der Waals surface area contributed by atoms with Crippen molar-refractivity contribution in [3.63, 3.8) is 0 Å². The van der Waals surface area contributed by atoms with Crippen molar-refractivity contribution < 1.29 is 10.2 Å². The fourth-order valence-electron chi connectivity index (χ4n) is 8.96. The van der Waals surface area contributed by atoms with Crippen molar-refractivity contribution in [1.82, 2.24) is 0 Å². The molecule has 1 unspecified atom stereocenters. The molecule has 2 nitrogen and oxygen atoms in total. The van der Waals surface area contributed by atoms with E-state index < -0.39 is 5.60 Å². The van der Waals surface area contributed by atoms with Gasteiger partial charge in [-0.05, 0) is 117 Å². The maximum Gasteiger partial charge on any atom is 0.0682 e. The summed E-state index contributed by atoms with van der Waals surface area (Å²) >= 11 is 0. The van der Waals surface area contributed by atoms with Crippen LogP contribution >= 0.6 is 0 Å². The highest BCUT2D eigenvalue weighted by Crippen LogP contribution is 2.67. The number of hydrogen-bond donors (Lipinski definition) is 2. The fraction of sp³-hybridized carbons (Fsp3) is 0.931. The molecule has 0 aromatic rings. The summed E-state index contributed by atoms with van der Waals surface area (Å²) in [7, 11) is 0. The van der Waals surface area contributed by atoms with Gasteiger partial charge < -0.3 is 10.2 Å². The highest BCUT2D eigenvalue weighted by atomic mass is 16.3. The van der Waals surface area contributed by atoms with Crippen molar-refractivity contribution >= 4 is 0 Å². The van der Waals surface area contributed by atoms with Crippen molar-refractivity contribution in [2.24, 2.45) is 46.3 Å². The smallest absolute Gasteiger partial charge is 0.0682 e. The fourth-order valence-corrected chi connectivity index (χ4v) is 8.96. The van der Waals surface area contributed by atoms with E-state index in [-0.39, 0.29) is 6.10 Å². The molecule has 0 aliphatic heterocycles. The molecule has 0 aromatic heterocycles. The van der Waals surface area contributed by atoms with Crippen molar-refractivity contribution in [3.8, 4) is 0 Å². The van der Waals surface area contributed by atoms with Crippen LogP contribution in [0.25, 0.3) is 0 Å². The molecular weight excluding hydrogens is 380 g/mol. The highest BCUT2D eigenvalue weighted by molar-refractivity contribution is 5.27. The number of fused-ring (bicyclic) bond motifs is 5. The maximum absolute atomic E-state index is 11.0. The number of hydrogen-bond acceptors (Lipinski definition) is 2. The van der Waals surface area contributed by atoms with Crippen molar-refractivity contribution in [1.29, 1.82) is 0 Å². The third-order valence-electron chi connectivity index (χ3n) is 11.4. The molecule has 2 N–H and O–H groups in total. The van der Waals surface area contributed by atoms with E-state index in [1.54, 1.807) is 5.57 Å². The molecular formula is C29H50O2. The molecule has 31 heavy (non-hydrogen) atoms. The summed E-state index contributed by atoms with van der Waals surface area (Å²) in [5, 5.41) is 21.3. The number of aliphatic hydroxyl groups is 2. The van der Waals surface area contributed by atoms with Gasteiger partial charge in [-0.1, -0.05) is 53.2 Å². The quantitative estimate of drug-likeness (QED) is 0.440. The van der Waals surface area contributed by atoms with Gasteiger partial charge in [0.15, 0.2) is 0 Å². The SMILES string of the molecule is CC[C@]1(O)CC[C@@]2(C)C(=CC[C@H]3[C@@H]4CC[C@H]([C@H](C)CC[C@H](O)C(C)C)C4(C)CC[C@@H]32)C1. The largest absolute Gasteiger partial charge is 0.393 e. The Labute approximate surface area is 192 Å². The standard InChI is InChI=1S/C29H50O2/c1-7-29(31)17-16-27(5)21(18-29)9-10-22-24-12-11-23(28(24,6)15-14-25(22)27)20(4)8-13-26(30)19(2)3/h9,19-20,22-26,30-31H,7-8,10-18H2,1-6H3/t20-,22+,23-,24+,25+,26+,27+,28?,29+/m1/s1. The molecule has 0 saturated heterocycles. The van der Waals surface area contributed by atoms with Crippen LogP contribution in [0.2, 0.25) is 0 Å². The zero-order chi connectivity index (χ0) is 22.6. The second-order valence-electron chi connectivity index (χ2n) is 13.1. The molecule has 4 aliphatic rings. The lowest BCUT2D eigenvalue weighted by molar-refractivity contribution is -0.0758. The van der Waals surface area contributed by atoms with E-state index in [1.165, 1.54) is 44.9 Å². The van der Waals surface area contributed by atoms with Crippen LogP contribution in [0.4, 0.5) is 0 Å². The zero-order valence-electron chi connectivity index (χ0n) is 21.3. The van der Waals surface area contributed by atoms with Gasteiger partial charge in [-0.15, -0.1) is 0 Å². The lowest BCUT2D eigenvalue weighted by Gasteiger charge is -2.59. The normalized spacial score (nSPS) is 46.7. The molecule has 3 saturated carbocycles. The summed E-state index contributed by atoms with van der Waals surface area (Å²) in [4.78, 5) is 0. The topological polar surface area (TPSA) is 40.5 Å². The third kappa shape index (κ3) is 3.96. The van der Waals surface area contributed by atoms with Crippen LogP contribution in [0.1, 0.15) is 112 Å². The molecule has 2 heteroatoms. The number of rotatable bonds is 6. The molecule has 9 atom stereocenters. The van der Waals surface area contributed by atoms with Crippen LogP contribution in [0.15, 0.2) is 11.6 Å². The lowest BCUT2D eigenvalue weighted by atomic mass is 9.46. The van der Waals surface area contributed by atoms with Gasteiger partial charge in [-0.3, -0.25) is 0 Å². The monoisotopic (exact) mass is 430 g/mol. The maximum atomic E-state index is 11.0. The van der Waals surface area contributed by atoms with E-state index in [0.717, 1.165) is 55.3 Å². The Morgan fingerprint density at radius 2 is 1.74 bits per heavy atom. The Morgan fingerprint density at radius 1 is 1.00 bits per heavy atom. The Bertz CT molecular complexity index is 682. The first-order valence-electron chi connectivity index (χ1n) is 13.6. The summed E-state index contributed by atoms with van der Waals surface area (Å²) in [5.41, 5.74) is 1.97. The summed E-state index contributed by atoms with van der Waals surface area (Å²) in [6.45, 7) is 14.1. The summed E-state index contributed by atoms with van der Waals surface area (Å²) in [6, 6.07) is 0. The van der Waals surface area contributed by atoms with Gasteiger partial charge >= 0.3 is 0 Å². The lowest BCUT2D eigenvalue weighted by Crippen LogP contribution is -2.52. The third-order valence-corrected chi connectivity index (χ3v) is 11.4. The Kier molecular flexibility index (Phi) is 6.50. The predicted molar refractivity (Wildman–Crippen MR) is 130 cm³/mol.